The van der Waals surface area contributed by atoms with Gasteiger partial charge in [0.2, 0.25) is 5.91 Å². The Labute approximate surface area is 111 Å². The van der Waals surface area contributed by atoms with Gasteiger partial charge in [-0.2, -0.15) is 0 Å². The van der Waals surface area contributed by atoms with E-state index in [1.54, 1.807) is 0 Å². The minimum Gasteiger partial charge on any atom is -0.328 e. The standard InChI is InChI=1S/C13H28N4O/c1-14-12-7-5-6-8-17(13(12)18)11-16(4)10-9-15(2)3/h12,14H,5-11H2,1-4H3. The highest BCUT2D eigenvalue weighted by Crippen LogP contribution is 2.12. The largest absolute Gasteiger partial charge is 0.328 e. The summed E-state index contributed by atoms with van der Waals surface area (Å²) in [6.07, 6.45) is 3.22. The number of rotatable bonds is 6. The Morgan fingerprint density at radius 3 is 2.61 bits per heavy atom. The molecule has 106 valence electrons. The summed E-state index contributed by atoms with van der Waals surface area (Å²) in [5.74, 6) is 0.256. The molecular weight excluding hydrogens is 228 g/mol. The molecule has 1 N–H and O–H groups in total. The van der Waals surface area contributed by atoms with E-state index in [1.807, 2.05) is 11.9 Å². The zero-order chi connectivity index (χ0) is 13.5. The van der Waals surface area contributed by atoms with Gasteiger partial charge in [-0.25, -0.2) is 0 Å². The highest BCUT2D eigenvalue weighted by Gasteiger charge is 2.25. The fourth-order valence-corrected chi connectivity index (χ4v) is 2.25. The van der Waals surface area contributed by atoms with Crippen molar-refractivity contribution in [1.82, 2.24) is 20.0 Å². The number of nitrogens with one attached hydrogen (secondary N) is 1. The number of hydrogen-bond donors (Lipinski definition) is 1. The molecule has 1 heterocycles. The minimum absolute atomic E-state index is 0.00903. The number of hydrogen-bond acceptors (Lipinski definition) is 4. The first kappa shape index (κ1) is 15.4. The second-order valence-electron chi connectivity index (χ2n) is 5.46. The Hall–Kier alpha value is -0.650. The Morgan fingerprint density at radius 2 is 2.00 bits per heavy atom. The number of carbonyl (C=O) groups is 1. The number of carbonyl (C=O) groups excluding carboxylic acids is 1. The molecule has 1 unspecified atom stereocenters. The Kier molecular flexibility index (Phi) is 6.60. The van der Waals surface area contributed by atoms with Crippen LogP contribution >= 0.6 is 0 Å². The Bertz CT molecular complexity index is 257. The van der Waals surface area contributed by atoms with Crippen molar-refractivity contribution in [3.05, 3.63) is 0 Å². The van der Waals surface area contributed by atoms with E-state index in [0.29, 0.717) is 0 Å². The molecule has 1 rings (SSSR count). The smallest absolute Gasteiger partial charge is 0.240 e. The van der Waals surface area contributed by atoms with Crippen LogP contribution in [0.5, 0.6) is 0 Å². The van der Waals surface area contributed by atoms with Crippen molar-refractivity contribution < 1.29 is 4.79 Å². The van der Waals surface area contributed by atoms with Crippen molar-refractivity contribution >= 4 is 5.91 Å². The summed E-state index contributed by atoms with van der Waals surface area (Å²) >= 11 is 0. The molecule has 0 aliphatic carbocycles. The van der Waals surface area contributed by atoms with Gasteiger partial charge in [0, 0.05) is 19.6 Å². The number of likely N-dealkylation sites (N-methyl/N-ethyl adjacent to an activating group) is 3. The van der Waals surface area contributed by atoms with E-state index in [2.05, 4.69) is 36.3 Å². The van der Waals surface area contributed by atoms with E-state index in [4.69, 9.17) is 0 Å². The van der Waals surface area contributed by atoms with Crippen molar-refractivity contribution in [2.24, 2.45) is 0 Å². The van der Waals surface area contributed by atoms with Crippen LogP contribution in [0.1, 0.15) is 19.3 Å². The van der Waals surface area contributed by atoms with Gasteiger partial charge in [-0.3, -0.25) is 9.69 Å². The molecule has 1 aliphatic rings. The van der Waals surface area contributed by atoms with Crippen molar-refractivity contribution in [1.29, 1.82) is 0 Å². The first-order valence-electron chi connectivity index (χ1n) is 6.84. The first-order valence-corrected chi connectivity index (χ1v) is 6.84. The number of likely N-dealkylation sites (tertiary alicyclic amines) is 1. The highest BCUT2D eigenvalue weighted by molar-refractivity contribution is 5.82. The molecule has 1 amide bonds. The lowest BCUT2D eigenvalue weighted by molar-refractivity contribution is -0.134. The SMILES string of the molecule is CNC1CCCCN(CN(C)CCN(C)C)C1=O. The predicted molar refractivity (Wildman–Crippen MR) is 74.5 cm³/mol. The molecule has 0 aromatic carbocycles. The van der Waals surface area contributed by atoms with Crippen molar-refractivity contribution in [3.8, 4) is 0 Å². The normalized spacial score (nSPS) is 21.8. The topological polar surface area (TPSA) is 38.8 Å². The van der Waals surface area contributed by atoms with Crippen molar-refractivity contribution in [2.75, 3.05) is 54.5 Å². The molecular formula is C13H28N4O. The molecule has 0 bridgehead atoms. The first-order chi connectivity index (χ1) is 8.54. The molecule has 0 radical (unpaired) electrons. The average molecular weight is 256 g/mol. The van der Waals surface area contributed by atoms with Crippen molar-refractivity contribution in [2.45, 2.75) is 25.3 Å². The molecule has 18 heavy (non-hydrogen) atoms. The maximum absolute atomic E-state index is 12.3. The zero-order valence-electron chi connectivity index (χ0n) is 12.3. The van der Waals surface area contributed by atoms with Crippen LogP contribution in [0.15, 0.2) is 0 Å². The van der Waals surface area contributed by atoms with Gasteiger partial charge < -0.3 is 15.1 Å². The molecule has 5 heteroatoms. The molecule has 1 fully saturated rings. The Balaban J connectivity index is 2.45. The summed E-state index contributed by atoms with van der Waals surface area (Å²) in [6, 6.07) is 0.00903. The lowest BCUT2D eigenvalue weighted by Crippen LogP contribution is -2.48. The van der Waals surface area contributed by atoms with Crippen LogP contribution in [-0.4, -0.2) is 81.1 Å². The van der Waals surface area contributed by atoms with Gasteiger partial charge >= 0.3 is 0 Å². The van der Waals surface area contributed by atoms with Crippen LogP contribution in [-0.2, 0) is 4.79 Å². The number of amides is 1. The van der Waals surface area contributed by atoms with Crippen molar-refractivity contribution in [3.63, 3.8) is 0 Å². The molecule has 0 spiro atoms. The second-order valence-corrected chi connectivity index (χ2v) is 5.46. The number of nitrogens with zero attached hydrogens (tertiary/aromatic N) is 3. The molecule has 1 atom stereocenters. The third kappa shape index (κ3) is 4.92. The maximum atomic E-state index is 12.3. The van der Waals surface area contributed by atoms with Gasteiger partial charge in [-0.05, 0) is 47.5 Å². The molecule has 0 aromatic rings. The summed E-state index contributed by atoms with van der Waals surface area (Å²) in [6.45, 7) is 3.64. The Morgan fingerprint density at radius 1 is 1.28 bits per heavy atom. The summed E-state index contributed by atoms with van der Waals surface area (Å²) < 4.78 is 0. The van der Waals surface area contributed by atoms with Gasteiger partial charge in [0.1, 0.15) is 0 Å². The molecule has 0 saturated carbocycles. The summed E-state index contributed by atoms with van der Waals surface area (Å²) in [5, 5.41) is 3.13. The predicted octanol–water partition coefficient (Wildman–Crippen LogP) is 0.0378. The van der Waals surface area contributed by atoms with Crippen LogP contribution in [0.2, 0.25) is 0 Å². The molecule has 0 aromatic heterocycles. The molecule has 1 saturated heterocycles. The van der Waals surface area contributed by atoms with Crippen LogP contribution in [0, 0.1) is 0 Å². The van der Waals surface area contributed by atoms with Crippen LogP contribution in [0.4, 0.5) is 0 Å². The van der Waals surface area contributed by atoms with E-state index >= 15 is 0 Å². The minimum atomic E-state index is 0.00903. The fourth-order valence-electron chi connectivity index (χ4n) is 2.25. The van der Waals surface area contributed by atoms with Gasteiger partial charge in [0.05, 0.1) is 12.7 Å². The van der Waals surface area contributed by atoms with Gasteiger partial charge in [-0.1, -0.05) is 0 Å². The van der Waals surface area contributed by atoms with E-state index in [9.17, 15) is 4.79 Å². The summed E-state index contributed by atoms with van der Waals surface area (Å²) in [7, 11) is 8.10. The van der Waals surface area contributed by atoms with Crippen LogP contribution in [0.3, 0.4) is 0 Å². The maximum Gasteiger partial charge on any atom is 0.240 e. The van der Waals surface area contributed by atoms with E-state index in [0.717, 1.165) is 45.6 Å². The van der Waals surface area contributed by atoms with E-state index < -0.39 is 0 Å². The summed E-state index contributed by atoms with van der Waals surface area (Å²) in [4.78, 5) is 18.6. The fraction of sp³-hybridized carbons (Fsp3) is 0.923. The highest BCUT2D eigenvalue weighted by atomic mass is 16.2. The molecule has 5 nitrogen and oxygen atoms in total. The lowest BCUT2D eigenvalue weighted by atomic mass is 10.1. The van der Waals surface area contributed by atoms with E-state index in [1.165, 1.54) is 0 Å². The average Bonchev–Trinajstić information content (AvgIpc) is 2.50. The second kappa shape index (κ2) is 7.71. The summed E-state index contributed by atoms with van der Waals surface area (Å²) in [5.41, 5.74) is 0. The quantitative estimate of drug-likeness (QED) is 0.728. The monoisotopic (exact) mass is 256 g/mol. The molecule has 1 aliphatic heterocycles. The zero-order valence-corrected chi connectivity index (χ0v) is 12.3. The van der Waals surface area contributed by atoms with E-state index in [-0.39, 0.29) is 11.9 Å². The van der Waals surface area contributed by atoms with Crippen LogP contribution in [0.25, 0.3) is 0 Å². The van der Waals surface area contributed by atoms with Gasteiger partial charge in [0.25, 0.3) is 0 Å². The third-order valence-electron chi connectivity index (χ3n) is 3.47. The lowest BCUT2D eigenvalue weighted by Gasteiger charge is -2.29. The van der Waals surface area contributed by atoms with Gasteiger partial charge in [-0.15, -0.1) is 0 Å². The van der Waals surface area contributed by atoms with Gasteiger partial charge in [0.15, 0.2) is 0 Å². The third-order valence-corrected chi connectivity index (χ3v) is 3.47. The van der Waals surface area contributed by atoms with Crippen LogP contribution < -0.4 is 5.32 Å².